The summed E-state index contributed by atoms with van der Waals surface area (Å²) in [5.74, 6) is -0.985. The lowest BCUT2D eigenvalue weighted by Gasteiger charge is -2.07. The van der Waals surface area contributed by atoms with Crippen LogP contribution in [0.15, 0.2) is 79.0 Å². The molecule has 0 saturated carbocycles. The third-order valence-corrected chi connectivity index (χ3v) is 4.84. The lowest BCUT2D eigenvalue weighted by molar-refractivity contribution is 0.102. The average molecular weight is 454 g/mol. The fourth-order valence-electron chi connectivity index (χ4n) is 3.02. The number of benzene rings is 3. The van der Waals surface area contributed by atoms with Crippen molar-refractivity contribution in [3.05, 3.63) is 112 Å². The van der Waals surface area contributed by atoms with E-state index in [0.29, 0.717) is 17.3 Å². The van der Waals surface area contributed by atoms with E-state index in [1.54, 1.807) is 59.4 Å². The molecule has 8 heteroatoms. The van der Waals surface area contributed by atoms with E-state index >= 15 is 0 Å². The van der Waals surface area contributed by atoms with Gasteiger partial charge in [-0.2, -0.15) is 0 Å². The van der Waals surface area contributed by atoms with Gasteiger partial charge in [-0.05, 0) is 53.6 Å². The third-order valence-electron chi connectivity index (χ3n) is 4.60. The van der Waals surface area contributed by atoms with Crippen LogP contribution < -0.4 is 10.1 Å². The predicted molar refractivity (Wildman–Crippen MR) is 118 cm³/mol. The molecule has 0 radical (unpaired) electrons. The summed E-state index contributed by atoms with van der Waals surface area (Å²) < 4.78 is 33.7. The van der Waals surface area contributed by atoms with Crippen molar-refractivity contribution < 1.29 is 18.3 Å². The topological polar surface area (TPSA) is 56.2 Å². The summed E-state index contributed by atoms with van der Waals surface area (Å²) in [5, 5.41) is 7.64. The van der Waals surface area contributed by atoms with E-state index in [-0.39, 0.29) is 29.7 Å². The zero-order valence-electron chi connectivity index (χ0n) is 16.8. The highest BCUT2D eigenvalue weighted by molar-refractivity contribution is 6.31. The van der Waals surface area contributed by atoms with Crippen molar-refractivity contribution in [3.63, 3.8) is 0 Å². The first kappa shape index (κ1) is 21.5. The molecule has 0 atom stereocenters. The van der Waals surface area contributed by atoms with Gasteiger partial charge in [0, 0.05) is 16.9 Å². The Balaban J connectivity index is 1.57. The molecule has 0 spiro atoms. The average Bonchev–Trinajstić information content (AvgIpc) is 3.18. The van der Waals surface area contributed by atoms with Crippen LogP contribution in [0.5, 0.6) is 5.88 Å². The molecule has 1 amide bonds. The molecule has 0 unspecified atom stereocenters. The minimum Gasteiger partial charge on any atom is -0.471 e. The molecule has 5 nitrogen and oxygen atoms in total. The van der Waals surface area contributed by atoms with Crippen LogP contribution in [-0.4, -0.2) is 15.7 Å². The summed E-state index contributed by atoms with van der Waals surface area (Å²) in [6, 6.07) is 18.6. The Morgan fingerprint density at radius 2 is 1.62 bits per heavy atom. The number of rotatable bonds is 7. The molecule has 0 fully saturated rings. The highest BCUT2D eigenvalue weighted by Gasteiger charge is 2.19. The Hall–Kier alpha value is -3.71. The number of carbonyl (C=O) groups excluding carboxylic acids is 1. The van der Waals surface area contributed by atoms with Crippen LogP contribution in [0.3, 0.4) is 0 Å². The molecule has 162 valence electrons. The first-order valence-corrected chi connectivity index (χ1v) is 10.1. The van der Waals surface area contributed by atoms with Crippen molar-refractivity contribution in [2.45, 2.75) is 13.2 Å². The van der Waals surface area contributed by atoms with E-state index in [2.05, 4.69) is 10.4 Å². The Labute approximate surface area is 188 Å². The zero-order valence-corrected chi connectivity index (χ0v) is 17.5. The van der Waals surface area contributed by atoms with E-state index < -0.39 is 5.91 Å². The number of anilines is 1. The Morgan fingerprint density at radius 3 is 2.28 bits per heavy atom. The molecule has 0 bridgehead atoms. The number of hydrogen-bond acceptors (Lipinski definition) is 3. The molecule has 0 aliphatic heterocycles. The molecule has 32 heavy (non-hydrogen) atoms. The number of nitrogens with zero attached hydrogens (tertiary/aromatic N) is 2. The van der Waals surface area contributed by atoms with Gasteiger partial charge in [-0.15, -0.1) is 5.10 Å². The number of aromatic nitrogens is 2. The van der Waals surface area contributed by atoms with Crippen LogP contribution in [0.4, 0.5) is 14.5 Å². The maximum absolute atomic E-state index is 13.2. The van der Waals surface area contributed by atoms with Gasteiger partial charge in [-0.3, -0.25) is 9.48 Å². The van der Waals surface area contributed by atoms with Crippen molar-refractivity contribution in [3.8, 4) is 5.88 Å². The molecular formula is C24H18ClF2N3O2. The quantitative estimate of drug-likeness (QED) is 0.391. The second-order valence-electron chi connectivity index (χ2n) is 7.05. The van der Waals surface area contributed by atoms with E-state index in [1.807, 2.05) is 0 Å². The SMILES string of the molecule is O=C(Nc1cccc(Cl)c1)c1cn(Cc2ccc(F)cc2)nc1OCc1ccc(F)cc1. The summed E-state index contributed by atoms with van der Waals surface area (Å²) in [6.45, 7) is 0.420. The van der Waals surface area contributed by atoms with Crippen molar-refractivity contribution in [1.82, 2.24) is 9.78 Å². The van der Waals surface area contributed by atoms with Crippen molar-refractivity contribution in [1.29, 1.82) is 0 Å². The highest BCUT2D eigenvalue weighted by atomic mass is 35.5. The molecule has 0 saturated heterocycles. The molecule has 0 aliphatic rings. The van der Waals surface area contributed by atoms with Gasteiger partial charge in [0.25, 0.3) is 5.91 Å². The van der Waals surface area contributed by atoms with Crippen LogP contribution in [0.2, 0.25) is 5.02 Å². The predicted octanol–water partition coefficient (Wildman–Crippen LogP) is 5.69. The summed E-state index contributed by atoms with van der Waals surface area (Å²) in [5.41, 5.74) is 2.27. The minimum absolute atomic E-state index is 0.102. The van der Waals surface area contributed by atoms with Gasteiger partial charge in [-0.25, -0.2) is 8.78 Å². The molecule has 3 aromatic carbocycles. The van der Waals surface area contributed by atoms with Crippen LogP contribution in [-0.2, 0) is 13.2 Å². The van der Waals surface area contributed by atoms with Gasteiger partial charge in [0.1, 0.15) is 23.8 Å². The molecule has 0 aliphatic carbocycles. The summed E-state index contributed by atoms with van der Waals surface area (Å²) in [4.78, 5) is 12.9. The van der Waals surface area contributed by atoms with E-state index in [9.17, 15) is 13.6 Å². The number of halogens is 3. The minimum atomic E-state index is -0.424. The maximum atomic E-state index is 13.2. The van der Waals surface area contributed by atoms with Crippen LogP contribution in [0.25, 0.3) is 0 Å². The molecule has 1 aromatic heterocycles. The maximum Gasteiger partial charge on any atom is 0.262 e. The standard InChI is InChI=1S/C24H18ClF2N3O2/c25-18-2-1-3-21(12-18)28-23(31)22-14-30(13-16-4-8-19(26)9-5-16)29-24(22)32-15-17-6-10-20(27)11-7-17/h1-12,14H,13,15H2,(H,28,31). The van der Waals surface area contributed by atoms with Crippen molar-refractivity contribution in [2.75, 3.05) is 5.32 Å². The summed E-state index contributed by atoms with van der Waals surface area (Å²) in [6.07, 6.45) is 1.56. The van der Waals surface area contributed by atoms with Gasteiger partial charge < -0.3 is 10.1 Å². The highest BCUT2D eigenvalue weighted by Crippen LogP contribution is 2.22. The summed E-state index contributed by atoms with van der Waals surface area (Å²) >= 11 is 5.99. The van der Waals surface area contributed by atoms with Crippen LogP contribution >= 0.6 is 11.6 Å². The number of ether oxygens (including phenoxy) is 1. The Morgan fingerprint density at radius 1 is 0.969 bits per heavy atom. The van der Waals surface area contributed by atoms with Gasteiger partial charge in [0.2, 0.25) is 5.88 Å². The Bertz CT molecular complexity index is 1220. The van der Waals surface area contributed by atoms with Gasteiger partial charge in [-0.1, -0.05) is 41.9 Å². The molecule has 1 heterocycles. The van der Waals surface area contributed by atoms with Gasteiger partial charge in [0.15, 0.2) is 0 Å². The largest absolute Gasteiger partial charge is 0.471 e. The first-order valence-electron chi connectivity index (χ1n) is 9.72. The third kappa shape index (κ3) is 5.50. The second-order valence-corrected chi connectivity index (χ2v) is 7.49. The Kier molecular flexibility index (Phi) is 6.47. The van der Waals surface area contributed by atoms with E-state index in [4.69, 9.17) is 16.3 Å². The summed E-state index contributed by atoms with van der Waals surface area (Å²) in [7, 11) is 0. The molecule has 4 aromatic rings. The van der Waals surface area contributed by atoms with E-state index in [0.717, 1.165) is 11.1 Å². The van der Waals surface area contributed by atoms with Crippen LogP contribution in [0.1, 0.15) is 21.5 Å². The van der Waals surface area contributed by atoms with Crippen molar-refractivity contribution in [2.24, 2.45) is 0 Å². The lowest BCUT2D eigenvalue weighted by atomic mass is 10.2. The first-order chi connectivity index (χ1) is 15.5. The fourth-order valence-corrected chi connectivity index (χ4v) is 3.21. The number of nitrogens with one attached hydrogen (secondary N) is 1. The van der Waals surface area contributed by atoms with Gasteiger partial charge >= 0.3 is 0 Å². The van der Waals surface area contributed by atoms with Crippen molar-refractivity contribution >= 4 is 23.2 Å². The second kappa shape index (κ2) is 9.62. The number of carbonyl (C=O) groups is 1. The molecule has 4 rings (SSSR count). The monoisotopic (exact) mass is 453 g/mol. The number of hydrogen-bond donors (Lipinski definition) is 1. The number of amides is 1. The molecular weight excluding hydrogens is 436 g/mol. The zero-order chi connectivity index (χ0) is 22.5. The van der Waals surface area contributed by atoms with E-state index in [1.165, 1.54) is 24.3 Å². The lowest BCUT2D eigenvalue weighted by Crippen LogP contribution is -2.12. The fraction of sp³-hybridized carbons (Fsp3) is 0.0833. The van der Waals surface area contributed by atoms with Gasteiger partial charge in [0.05, 0.1) is 6.54 Å². The smallest absolute Gasteiger partial charge is 0.262 e. The normalized spacial score (nSPS) is 10.7. The van der Waals surface area contributed by atoms with Crippen LogP contribution in [0, 0.1) is 11.6 Å². The molecule has 1 N–H and O–H groups in total.